The molecular formula is C20H23FN6O2SSi. The summed E-state index contributed by atoms with van der Waals surface area (Å²) in [5, 5.41) is 4.60. The van der Waals surface area contributed by atoms with E-state index >= 15 is 0 Å². The first-order valence-electron chi connectivity index (χ1n) is 9.79. The topological polar surface area (TPSA) is 90.1 Å². The highest BCUT2D eigenvalue weighted by atomic mass is 32.1. The molecule has 0 saturated heterocycles. The van der Waals surface area contributed by atoms with E-state index in [1.54, 1.807) is 24.7 Å². The Balaban J connectivity index is 1.72. The average molecular weight is 459 g/mol. The van der Waals surface area contributed by atoms with Crippen LogP contribution in [0.15, 0.2) is 46.7 Å². The standard InChI is InChI=1S/C20H23FN6O2SSi/c1-31(2,3)9-8-29-12-26-10-15(22-11-26)17-16(13-4-6-14(21)7-5-13)18-23-19(30)24-20(28)27(18)25-17/h4-7,10-11H,8-9,12H2,1-3H3,(H2,23,24,28,30). The van der Waals surface area contributed by atoms with Crippen LogP contribution in [0.1, 0.15) is 0 Å². The number of aromatic amines is 1. The maximum absolute atomic E-state index is 13.5. The molecule has 0 radical (unpaired) electrons. The molecule has 4 rings (SSSR count). The third-order valence-electron chi connectivity index (χ3n) is 4.73. The van der Waals surface area contributed by atoms with E-state index < -0.39 is 13.8 Å². The van der Waals surface area contributed by atoms with Crippen molar-refractivity contribution in [2.24, 2.45) is 0 Å². The van der Waals surface area contributed by atoms with Gasteiger partial charge in [0.1, 0.15) is 23.9 Å². The van der Waals surface area contributed by atoms with E-state index in [1.807, 2.05) is 4.57 Å². The molecule has 0 atom stereocenters. The Labute approximate surface area is 184 Å². The minimum absolute atomic E-state index is 0.161. The first-order chi connectivity index (χ1) is 14.7. The fourth-order valence-corrected chi connectivity index (χ4v) is 4.04. The number of nitrogens with zero attached hydrogens (tertiary/aromatic N) is 5. The molecule has 0 aliphatic rings. The number of rotatable bonds is 7. The molecule has 4 aromatic rings. The SMILES string of the molecule is C[Si](C)(C)CCOCn1cnc(-c2nn3c(=O)[nH]c(S)nc3c2-c2ccc(F)cc2)c1. The van der Waals surface area contributed by atoms with Crippen LogP contribution >= 0.6 is 12.6 Å². The summed E-state index contributed by atoms with van der Waals surface area (Å²) < 4.78 is 22.3. The van der Waals surface area contributed by atoms with Gasteiger partial charge in [-0.05, 0) is 23.7 Å². The lowest BCUT2D eigenvalue weighted by Gasteiger charge is -2.15. The van der Waals surface area contributed by atoms with Crippen molar-refractivity contribution in [2.75, 3.05) is 6.61 Å². The Bertz CT molecular complexity index is 1280. The number of nitrogens with one attached hydrogen (secondary N) is 1. The molecule has 162 valence electrons. The normalized spacial score (nSPS) is 12.0. The highest BCUT2D eigenvalue weighted by molar-refractivity contribution is 7.80. The lowest BCUT2D eigenvalue weighted by molar-refractivity contribution is 0.0871. The zero-order chi connectivity index (χ0) is 22.2. The summed E-state index contributed by atoms with van der Waals surface area (Å²) in [4.78, 5) is 23.7. The molecule has 0 fully saturated rings. The van der Waals surface area contributed by atoms with Crippen molar-refractivity contribution < 1.29 is 9.13 Å². The van der Waals surface area contributed by atoms with E-state index in [1.165, 1.54) is 12.1 Å². The van der Waals surface area contributed by atoms with E-state index in [0.29, 0.717) is 41.5 Å². The van der Waals surface area contributed by atoms with Gasteiger partial charge in [0, 0.05) is 20.9 Å². The molecule has 0 saturated carbocycles. The number of benzene rings is 1. The van der Waals surface area contributed by atoms with Crippen LogP contribution in [-0.2, 0) is 11.5 Å². The zero-order valence-electron chi connectivity index (χ0n) is 17.5. The average Bonchev–Trinajstić information content (AvgIpc) is 3.30. The molecule has 11 heteroatoms. The van der Waals surface area contributed by atoms with E-state index in [-0.39, 0.29) is 11.0 Å². The van der Waals surface area contributed by atoms with Gasteiger partial charge >= 0.3 is 5.69 Å². The molecule has 0 spiro atoms. The highest BCUT2D eigenvalue weighted by Gasteiger charge is 2.21. The highest BCUT2D eigenvalue weighted by Crippen LogP contribution is 2.33. The summed E-state index contributed by atoms with van der Waals surface area (Å²) in [5.41, 5.74) is 2.10. The summed E-state index contributed by atoms with van der Waals surface area (Å²) in [7, 11) is -1.16. The van der Waals surface area contributed by atoms with E-state index in [0.717, 1.165) is 10.6 Å². The lowest BCUT2D eigenvalue weighted by atomic mass is 10.0. The van der Waals surface area contributed by atoms with Gasteiger partial charge in [-0.1, -0.05) is 31.8 Å². The number of hydrogen-bond acceptors (Lipinski definition) is 6. The van der Waals surface area contributed by atoms with Crippen molar-refractivity contribution in [1.82, 2.24) is 29.1 Å². The van der Waals surface area contributed by atoms with Crippen LogP contribution in [0.2, 0.25) is 25.7 Å². The first kappa shape index (κ1) is 21.5. The number of thiol groups is 1. The molecule has 1 N–H and O–H groups in total. The van der Waals surface area contributed by atoms with Crippen molar-refractivity contribution in [3.05, 3.63) is 53.1 Å². The Kier molecular flexibility index (Phi) is 5.82. The molecular weight excluding hydrogens is 435 g/mol. The summed E-state index contributed by atoms with van der Waals surface area (Å²) in [5.74, 6) is -0.359. The van der Waals surface area contributed by atoms with Gasteiger partial charge < -0.3 is 9.30 Å². The summed E-state index contributed by atoms with van der Waals surface area (Å²) in [6.07, 6.45) is 3.46. The minimum atomic E-state index is -1.16. The second-order valence-electron chi connectivity index (χ2n) is 8.45. The van der Waals surface area contributed by atoms with Crippen LogP contribution in [-0.4, -0.2) is 43.8 Å². The Morgan fingerprint density at radius 1 is 1.23 bits per heavy atom. The van der Waals surface area contributed by atoms with Crippen molar-refractivity contribution in [1.29, 1.82) is 0 Å². The quantitative estimate of drug-likeness (QED) is 0.250. The maximum atomic E-state index is 13.5. The Hall–Kier alpha value is -2.76. The molecule has 8 nitrogen and oxygen atoms in total. The van der Waals surface area contributed by atoms with Crippen LogP contribution in [0.4, 0.5) is 4.39 Å². The molecule has 0 bridgehead atoms. The number of fused-ring (bicyclic) bond motifs is 1. The van der Waals surface area contributed by atoms with Gasteiger partial charge in [0.15, 0.2) is 10.8 Å². The van der Waals surface area contributed by atoms with Gasteiger partial charge in [-0.2, -0.15) is 9.61 Å². The molecule has 1 aromatic carbocycles. The lowest BCUT2D eigenvalue weighted by Crippen LogP contribution is -2.21. The number of imidazole rings is 1. The van der Waals surface area contributed by atoms with Gasteiger partial charge in [-0.25, -0.2) is 19.2 Å². The molecule has 31 heavy (non-hydrogen) atoms. The van der Waals surface area contributed by atoms with Crippen molar-refractivity contribution >= 4 is 26.3 Å². The van der Waals surface area contributed by atoms with E-state index in [2.05, 4.69) is 52.3 Å². The Morgan fingerprint density at radius 2 is 1.97 bits per heavy atom. The van der Waals surface area contributed by atoms with Gasteiger partial charge in [-0.15, -0.1) is 12.6 Å². The Morgan fingerprint density at radius 3 is 2.68 bits per heavy atom. The van der Waals surface area contributed by atoms with Gasteiger partial charge in [0.2, 0.25) is 0 Å². The molecule has 0 unspecified atom stereocenters. The number of hydrogen-bond donors (Lipinski definition) is 2. The third-order valence-corrected chi connectivity index (χ3v) is 6.65. The van der Waals surface area contributed by atoms with Crippen LogP contribution in [0.5, 0.6) is 0 Å². The van der Waals surface area contributed by atoms with Crippen molar-refractivity contribution in [3.8, 4) is 22.5 Å². The maximum Gasteiger partial charge on any atom is 0.350 e. The second-order valence-corrected chi connectivity index (χ2v) is 14.5. The predicted octanol–water partition coefficient (Wildman–Crippen LogP) is 3.69. The third kappa shape index (κ3) is 4.78. The van der Waals surface area contributed by atoms with Gasteiger partial charge in [0.05, 0.1) is 11.9 Å². The van der Waals surface area contributed by atoms with Crippen molar-refractivity contribution in [2.45, 2.75) is 37.6 Å². The fraction of sp³-hybridized carbons (Fsp3) is 0.300. The predicted molar refractivity (Wildman–Crippen MR) is 122 cm³/mol. The van der Waals surface area contributed by atoms with E-state index in [9.17, 15) is 9.18 Å². The number of halogens is 1. The monoisotopic (exact) mass is 458 g/mol. The number of H-pyrrole nitrogens is 1. The molecule has 3 heterocycles. The minimum Gasteiger partial charge on any atom is -0.361 e. The van der Waals surface area contributed by atoms with Crippen molar-refractivity contribution in [3.63, 3.8) is 0 Å². The number of aromatic nitrogens is 6. The smallest absolute Gasteiger partial charge is 0.350 e. The van der Waals surface area contributed by atoms with Crippen LogP contribution in [0.25, 0.3) is 28.2 Å². The second kappa shape index (κ2) is 8.40. The van der Waals surface area contributed by atoms with Crippen LogP contribution in [0, 0.1) is 5.82 Å². The largest absolute Gasteiger partial charge is 0.361 e. The van der Waals surface area contributed by atoms with Crippen LogP contribution in [0.3, 0.4) is 0 Å². The van der Waals surface area contributed by atoms with Crippen LogP contribution < -0.4 is 5.69 Å². The fourth-order valence-electron chi connectivity index (χ4n) is 3.09. The van der Waals surface area contributed by atoms with E-state index in [4.69, 9.17) is 4.74 Å². The summed E-state index contributed by atoms with van der Waals surface area (Å²) in [6.45, 7) is 7.98. The zero-order valence-corrected chi connectivity index (χ0v) is 19.4. The summed E-state index contributed by atoms with van der Waals surface area (Å²) in [6, 6.07) is 7.02. The van der Waals surface area contributed by atoms with Gasteiger partial charge in [-0.3, -0.25) is 4.98 Å². The number of ether oxygens (including phenoxy) is 1. The first-order valence-corrected chi connectivity index (χ1v) is 13.9. The molecule has 0 amide bonds. The molecule has 0 aliphatic carbocycles. The van der Waals surface area contributed by atoms with Gasteiger partial charge in [0.25, 0.3) is 0 Å². The summed E-state index contributed by atoms with van der Waals surface area (Å²) >= 11 is 4.17. The molecule has 0 aliphatic heterocycles. The molecule has 3 aromatic heterocycles.